The van der Waals surface area contributed by atoms with Gasteiger partial charge in [-0.3, -0.25) is 4.79 Å². The van der Waals surface area contributed by atoms with Gasteiger partial charge in [-0.15, -0.1) is 0 Å². The molecule has 122 valence electrons. The molecule has 0 spiro atoms. The molecule has 1 aromatic rings. The van der Waals surface area contributed by atoms with E-state index in [4.69, 9.17) is 0 Å². The van der Waals surface area contributed by atoms with Gasteiger partial charge in [-0.25, -0.2) is 4.98 Å². The van der Waals surface area contributed by atoms with E-state index in [-0.39, 0.29) is 31.3 Å². The summed E-state index contributed by atoms with van der Waals surface area (Å²) in [6.07, 6.45) is 6.23. The van der Waals surface area contributed by atoms with E-state index in [9.17, 15) is 18.7 Å². The molecule has 1 aromatic heterocycles. The Morgan fingerprint density at radius 3 is 2.73 bits per heavy atom. The van der Waals surface area contributed by atoms with Crippen molar-refractivity contribution >= 4 is 5.91 Å². The first-order chi connectivity index (χ1) is 10.3. The van der Waals surface area contributed by atoms with Crippen molar-refractivity contribution in [2.24, 2.45) is 5.92 Å². The van der Waals surface area contributed by atoms with Gasteiger partial charge in [-0.05, 0) is 31.6 Å². The van der Waals surface area contributed by atoms with E-state index in [0.717, 1.165) is 0 Å². The standard InChI is InChI=1S/C15H21F2N3O2/c1-11-3-7-19(9-12(11)20-8-6-18-10-20)13(21)15(16,17)14(22)4-2-5-14/h6,8,10-12,22H,2-5,7,9H2,1H3. The van der Waals surface area contributed by atoms with Gasteiger partial charge in [0.1, 0.15) is 5.60 Å². The Morgan fingerprint density at radius 1 is 1.45 bits per heavy atom. The van der Waals surface area contributed by atoms with Crippen LogP contribution in [0.25, 0.3) is 0 Å². The lowest BCUT2D eigenvalue weighted by Gasteiger charge is -2.45. The SMILES string of the molecule is CC1CCN(C(=O)C(F)(F)C2(O)CCC2)CC1n1ccnc1. The number of rotatable bonds is 3. The van der Waals surface area contributed by atoms with Crippen molar-refractivity contribution in [2.75, 3.05) is 13.1 Å². The summed E-state index contributed by atoms with van der Waals surface area (Å²) >= 11 is 0. The van der Waals surface area contributed by atoms with Crippen LogP contribution in [0.5, 0.6) is 0 Å². The molecule has 1 aliphatic heterocycles. The Kier molecular flexibility index (Phi) is 3.71. The molecule has 0 radical (unpaired) electrons. The zero-order chi connectivity index (χ0) is 16.0. The maximum absolute atomic E-state index is 14.3. The minimum Gasteiger partial charge on any atom is -0.383 e. The van der Waals surface area contributed by atoms with Gasteiger partial charge in [-0.1, -0.05) is 6.92 Å². The van der Waals surface area contributed by atoms with E-state index in [1.807, 2.05) is 11.5 Å². The van der Waals surface area contributed by atoms with E-state index in [2.05, 4.69) is 4.98 Å². The molecule has 1 saturated heterocycles. The average Bonchev–Trinajstić information content (AvgIpc) is 2.98. The van der Waals surface area contributed by atoms with Crippen molar-refractivity contribution < 1.29 is 18.7 Å². The van der Waals surface area contributed by atoms with E-state index < -0.39 is 17.4 Å². The fourth-order valence-electron chi connectivity index (χ4n) is 3.31. The van der Waals surface area contributed by atoms with Gasteiger partial charge in [-0.2, -0.15) is 8.78 Å². The third kappa shape index (κ3) is 2.31. The number of nitrogens with zero attached hydrogens (tertiary/aromatic N) is 3. The predicted octanol–water partition coefficient (Wildman–Crippen LogP) is 1.84. The molecule has 3 rings (SSSR count). The first-order valence-electron chi connectivity index (χ1n) is 7.72. The number of piperidine rings is 1. The number of hydrogen-bond acceptors (Lipinski definition) is 3. The number of aliphatic hydroxyl groups is 1. The van der Waals surface area contributed by atoms with Crippen LogP contribution in [0.4, 0.5) is 8.78 Å². The van der Waals surface area contributed by atoms with Crippen LogP contribution in [0.15, 0.2) is 18.7 Å². The number of carbonyl (C=O) groups excluding carboxylic acids is 1. The van der Waals surface area contributed by atoms with Crippen LogP contribution in [0, 0.1) is 5.92 Å². The summed E-state index contributed by atoms with van der Waals surface area (Å²) in [5.74, 6) is -4.67. The van der Waals surface area contributed by atoms with Crippen LogP contribution in [-0.4, -0.2) is 50.1 Å². The lowest BCUT2D eigenvalue weighted by atomic mass is 9.74. The molecule has 1 aliphatic carbocycles. The number of aromatic nitrogens is 2. The molecule has 1 N–H and O–H groups in total. The molecule has 0 bridgehead atoms. The summed E-state index contributed by atoms with van der Waals surface area (Å²) in [4.78, 5) is 17.5. The number of likely N-dealkylation sites (tertiary alicyclic amines) is 1. The summed E-state index contributed by atoms with van der Waals surface area (Å²) < 4.78 is 30.5. The summed E-state index contributed by atoms with van der Waals surface area (Å²) in [5, 5.41) is 9.93. The van der Waals surface area contributed by atoms with Crippen LogP contribution in [0.1, 0.15) is 38.6 Å². The Hall–Kier alpha value is -1.50. The highest BCUT2D eigenvalue weighted by atomic mass is 19.3. The summed E-state index contributed by atoms with van der Waals surface area (Å²) in [6.45, 7) is 2.57. The van der Waals surface area contributed by atoms with E-state index in [1.54, 1.807) is 18.7 Å². The van der Waals surface area contributed by atoms with Crippen LogP contribution < -0.4 is 0 Å². The van der Waals surface area contributed by atoms with Crippen LogP contribution in [0.3, 0.4) is 0 Å². The Balaban J connectivity index is 1.76. The molecule has 1 amide bonds. The van der Waals surface area contributed by atoms with Crippen LogP contribution >= 0.6 is 0 Å². The van der Waals surface area contributed by atoms with Crippen molar-refractivity contribution in [3.05, 3.63) is 18.7 Å². The maximum Gasteiger partial charge on any atom is 0.352 e. The fourth-order valence-corrected chi connectivity index (χ4v) is 3.31. The molecule has 2 unspecified atom stereocenters. The molecular weight excluding hydrogens is 292 g/mol. The maximum atomic E-state index is 14.3. The van der Waals surface area contributed by atoms with Crippen molar-refractivity contribution in [3.8, 4) is 0 Å². The first kappa shape index (κ1) is 15.4. The highest BCUT2D eigenvalue weighted by molar-refractivity contribution is 5.85. The quantitative estimate of drug-likeness (QED) is 0.926. The molecular formula is C15H21F2N3O2. The minimum absolute atomic E-state index is 0.0130. The monoisotopic (exact) mass is 313 g/mol. The van der Waals surface area contributed by atoms with Gasteiger partial charge in [0.15, 0.2) is 0 Å². The lowest BCUT2D eigenvalue weighted by molar-refractivity contribution is -0.224. The molecule has 5 nitrogen and oxygen atoms in total. The number of carbonyl (C=O) groups is 1. The smallest absolute Gasteiger partial charge is 0.352 e. The summed E-state index contributed by atoms with van der Waals surface area (Å²) in [5.41, 5.74) is -2.16. The second kappa shape index (κ2) is 5.30. The molecule has 2 fully saturated rings. The zero-order valence-electron chi connectivity index (χ0n) is 12.6. The number of amides is 1. The van der Waals surface area contributed by atoms with Gasteiger partial charge in [0, 0.05) is 25.5 Å². The zero-order valence-corrected chi connectivity index (χ0v) is 12.6. The largest absolute Gasteiger partial charge is 0.383 e. The van der Waals surface area contributed by atoms with Crippen molar-refractivity contribution in [1.29, 1.82) is 0 Å². The van der Waals surface area contributed by atoms with E-state index in [1.165, 1.54) is 4.90 Å². The van der Waals surface area contributed by atoms with Gasteiger partial charge in [0.05, 0.1) is 12.4 Å². The van der Waals surface area contributed by atoms with E-state index in [0.29, 0.717) is 19.4 Å². The highest BCUT2D eigenvalue weighted by Crippen LogP contribution is 2.45. The third-order valence-electron chi connectivity index (χ3n) is 5.15. The Labute approximate surface area is 127 Å². The van der Waals surface area contributed by atoms with Crippen molar-refractivity contribution in [2.45, 2.75) is 50.2 Å². The molecule has 0 aromatic carbocycles. The Bertz CT molecular complexity index is 543. The summed E-state index contributed by atoms with van der Waals surface area (Å²) in [6, 6.07) is -0.0629. The second-order valence-corrected chi connectivity index (χ2v) is 6.55. The van der Waals surface area contributed by atoms with Crippen LogP contribution in [-0.2, 0) is 4.79 Å². The molecule has 2 atom stereocenters. The number of halogens is 2. The average molecular weight is 313 g/mol. The highest BCUT2D eigenvalue weighted by Gasteiger charge is 2.62. The van der Waals surface area contributed by atoms with Gasteiger partial charge < -0.3 is 14.6 Å². The van der Waals surface area contributed by atoms with Crippen molar-refractivity contribution in [1.82, 2.24) is 14.5 Å². The normalized spacial score (nSPS) is 28.3. The molecule has 2 heterocycles. The molecule has 1 saturated carbocycles. The second-order valence-electron chi connectivity index (χ2n) is 6.55. The number of hydrogen-bond donors (Lipinski definition) is 1. The number of alkyl halides is 2. The lowest BCUT2D eigenvalue weighted by Crippen LogP contribution is -2.62. The minimum atomic E-state index is -3.70. The van der Waals surface area contributed by atoms with E-state index >= 15 is 0 Å². The predicted molar refractivity (Wildman–Crippen MR) is 75.4 cm³/mol. The topological polar surface area (TPSA) is 58.4 Å². The number of imidazole rings is 1. The van der Waals surface area contributed by atoms with Gasteiger partial charge in [0.25, 0.3) is 5.91 Å². The van der Waals surface area contributed by atoms with Gasteiger partial charge in [0.2, 0.25) is 0 Å². The molecule has 2 aliphatic rings. The first-order valence-corrected chi connectivity index (χ1v) is 7.72. The Morgan fingerprint density at radius 2 is 2.18 bits per heavy atom. The van der Waals surface area contributed by atoms with Crippen molar-refractivity contribution in [3.63, 3.8) is 0 Å². The molecule has 22 heavy (non-hydrogen) atoms. The summed E-state index contributed by atoms with van der Waals surface area (Å²) in [7, 11) is 0. The van der Waals surface area contributed by atoms with Gasteiger partial charge >= 0.3 is 5.92 Å². The third-order valence-corrected chi connectivity index (χ3v) is 5.15. The fraction of sp³-hybridized carbons (Fsp3) is 0.733. The van der Waals surface area contributed by atoms with Crippen LogP contribution in [0.2, 0.25) is 0 Å². The molecule has 7 heteroatoms.